The predicted octanol–water partition coefficient (Wildman–Crippen LogP) is 2.03. The highest BCUT2D eigenvalue weighted by atomic mass is 35.5. The number of rotatable bonds is 1. The van der Waals surface area contributed by atoms with E-state index in [1.54, 1.807) is 0 Å². The number of nitrogens with zero attached hydrogens (tertiary/aromatic N) is 3. The summed E-state index contributed by atoms with van der Waals surface area (Å²) < 4.78 is 19.4. The van der Waals surface area contributed by atoms with Crippen LogP contribution in [0.1, 0.15) is 19.3 Å². The van der Waals surface area contributed by atoms with E-state index in [1.165, 1.54) is 6.42 Å². The van der Waals surface area contributed by atoms with Gasteiger partial charge < -0.3 is 9.64 Å². The van der Waals surface area contributed by atoms with Gasteiger partial charge in [0.15, 0.2) is 11.6 Å². The Hall–Kier alpha value is -0.940. The van der Waals surface area contributed by atoms with Gasteiger partial charge >= 0.3 is 0 Å². The lowest BCUT2D eigenvalue weighted by atomic mass is 9.79. The molecule has 3 rings (SSSR count). The molecule has 0 unspecified atom stereocenters. The summed E-state index contributed by atoms with van der Waals surface area (Å²) in [5.41, 5.74) is -0.0812. The topological polar surface area (TPSA) is 38.2 Å². The lowest BCUT2D eigenvalue weighted by Gasteiger charge is -2.48. The minimum Gasteiger partial charge on any atom is -0.371 e. The van der Waals surface area contributed by atoms with Gasteiger partial charge in [0.1, 0.15) is 0 Å². The van der Waals surface area contributed by atoms with E-state index in [1.807, 2.05) is 4.90 Å². The van der Waals surface area contributed by atoms with E-state index in [0.717, 1.165) is 19.0 Å². The number of anilines is 1. The van der Waals surface area contributed by atoms with Crippen LogP contribution in [0.15, 0.2) is 6.20 Å². The molecule has 0 radical (unpaired) electrons. The Morgan fingerprint density at radius 3 is 3.00 bits per heavy atom. The third-order valence-corrected chi connectivity index (χ3v) is 3.69. The quantitative estimate of drug-likeness (QED) is 0.722. The predicted molar refractivity (Wildman–Crippen MR) is 61.7 cm³/mol. The normalized spacial score (nSPS) is 22.6. The Kier molecular flexibility index (Phi) is 2.67. The van der Waals surface area contributed by atoms with Crippen LogP contribution in [0.3, 0.4) is 0 Å². The van der Waals surface area contributed by atoms with E-state index >= 15 is 0 Å². The van der Waals surface area contributed by atoms with Crippen molar-refractivity contribution in [2.75, 3.05) is 24.6 Å². The molecular formula is C11H13ClFN3O. The van der Waals surface area contributed by atoms with E-state index in [4.69, 9.17) is 16.3 Å². The third kappa shape index (κ3) is 1.98. The largest absolute Gasteiger partial charge is 0.371 e. The number of halogens is 2. The maximum atomic E-state index is 13.7. The van der Waals surface area contributed by atoms with Crippen LogP contribution in [0.4, 0.5) is 10.2 Å². The van der Waals surface area contributed by atoms with Gasteiger partial charge in [-0.3, -0.25) is 0 Å². The monoisotopic (exact) mass is 257 g/mol. The summed E-state index contributed by atoms with van der Waals surface area (Å²) in [5.74, 6) is -0.134. The second-order valence-corrected chi connectivity index (χ2v) is 4.96. The highest BCUT2D eigenvalue weighted by Crippen LogP contribution is 2.39. The molecule has 4 nitrogen and oxygen atoms in total. The molecule has 1 aliphatic carbocycles. The molecule has 0 aromatic carbocycles. The Labute approximate surface area is 104 Å². The fraction of sp³-hybridized carbons (Fsp3) is 0.636. The molecule has 1 aromatic heterocycles. The first kappa shape index (κ1) is 11.2. The number of hydrogen-bond acceptors (Lipinski definition) is 4. The van der Waals surface area contributed by atoms with Crippen molar-refractivity contribution in [3.63, 3.8) is 0 Å². The van der Waals surface area contributed by atoms with Crippen molar-refractivity contribution >= 4 is 17.4 Å². The van der Waals surface area contributed by atoms with Gasteiger partial charge in [-0.2, -0.15) is 4.98 Å². The first-order valence-corrected chi connectivity index (χ1v) is 6.13. The van der Waals surface area contributed by atoms with Gasteiger partial charge in [-0.15, -0.1) is 0 Å². The molecule has 0 bridgehead atoms. The molecule has 92 valence electrons. The first-order chi connectivity index (χ1) is 8.19. The van der Waals surface area contributed by atoms with E-state index in [2.05, 4.69) is 9.97 Å². The summed E-state index contributed by atoms with van der Waals surface area (Å²) in [4.78, 5) is 9.50. The van der Waals surface area contributed by atoms with Crippen LogP contribution in [0, 0.1) is 5.82 Å². The molecule has 2 aliphatic rings. The lowest BCUT2D eigenvalue weighted by molar-refractivity contribution is -0.107. The van der Waals surface area contributed by atoms with E-state index in [0.29, 0.717) is 25.5 Å². The van der Waals surface area contributed by atoms with E-state index < -0.39 is 5.82 Å². The molecule has 0 atom stereocenters. The summed E-state index contributed by atoms with van der Waals surface area (Å²) in [6.45, 7) is 1.95. The summed E-state index contributed by atoms with van der Waals surface area (Å²) in [6, 6.07) is 0. The minimum absolute atomic E-state index is 0.0792. The highest BCUT2D eigenvalue weighted by molar-refractivity contribution is 6.28. The smallest absolute Gasteiger partial charge is 0.224 e. The molecule has 6 heteroatoms. The Morgan fingerprint density at radius 2 is 2.29 bits per heavy atom. The van der Waals surface area contributed by atoms with Crippen LogP contribution in [0.2, 0.25) is 5.28 Å². The molecule has 1 aliphatic heterocycles. The molecule has 1 saturated carbocycles. The second-order valence-electron chi connectivity index (χ2n) is 4.62. The Morgan fingerprint density at radius 1 is 1.47 bits per heavy atom. The van der Waals surface area contributed by atoms with Crippen molar-refractivity contribution in [3.8, 4) is 0 Å². The van der Waals surface area contributed by atoms with Gasteiger partial charge in [-0.1, -0.05) is 0 Å². The zero-order valence-corrected chi connectivity index (χ0v) is 10.1. The first-order valence-electron chi connectivity index (χ1n) is 5.76. The number of aromatic nitrogens is 2. The van der Waals surface area contributed by atoms with Gasteiger partial charge in [0.05, 0.1) is 18.4 Å². The summed E-state index contributed by atoms with van der Waals surface area (Å²) in [5, 5.41) is 0.0792. The van der Waals surface area contributed by atoms with Gasteiger partial charge in [-0.05, 0) is 30.9 Å². The van der Waals surface area contributed by atoms with Gasteiger partial charge in [0, 0.05) is 13.1 Å². The average molecular weight is 258 g/mol. The number of ether oxygens (including phenoxy) is 1. The summed E-state index contributed by atoms with van der Waals surface area (Å²) >= 11 is 5.71. The number of hydrogen-bond donors (Lipinski definition) is 0. The van der Waals surface area contributed by atoms with Crippen molar-refractivity contribution in [1.82, 2.24) is 9.97 Å². The zero-order chi connectivity index (χ0) is 11.9. The summed E-state index contributed by atoms with van der Waals surface area (Å²) in [6.07, 6.45) is 4.39. The van der Waals surface area contributed by atoms with Gasteiger partial charge in [0.2, 0.25) is 5.28 Å². The highest BCUT2D eigenvalue weighted by Gasteiger charge is 2.42. The third-order valence-electron chi connectivity index (χ3n) is 3.51. The molecule has 2 fully saturated rings. The maximum absolute atomic E-state index is 13.7. The van der Waals surface area contributed by atoms with E-state index in [9.17, 15) is 4.39 Å². The zero-order valence-electron chi connectivity index (χ0n) is 9.33. The molecule has 1 spiro atoms. The van der Waals surface area contributed by atoms with Crippen LogP contribution in [0.5, 0.6) is 0 Å². The van der Waals surface area contributed by atoms with Crippen molar-refractivity contribution < 1.29 is 9.13 Å². The fourth-order valence-corrected chi connectivity index (χ4v) is 2.59. The van der Waals surface area contributed by atoms with Crippen molar-refractivity contribution in [2.24, 2.45) is 0 Å². The van der Waals surface area contributed by atoms with Crippen molar-refractivity contribution in [2.45, 2.75) is 24.9 Å². The SMILES string of the molecule is Fc1cnc(Cl)nc1N1CCOC2(CCC2)C1. The Bertz CT molecular complexity index is 439. The molecule has 1 saturated heterocycles. The molecule has 0 N–H and O–H groups in total. The molecule has 0 amide bonds. The van der Waals surface area contributed by atoms with Crippen LogP contribution in [-0.4, -0.2) is 35.3 Å². The minimum atomic E-state index is -0.425. The molecule has 1 aromatic rings. The van der Waals surface area contributed by atoms with Crippen molar-refractivity contribution in [1.29, 1.82) is 0 Å². The fourth-order valence-electron chi connectivity index (χ4n) is 2.46. The van der Waals surface area contributed by atoms with Crippen molar-refractivity contribution in [3.05, 3.63) is 17.3 Å². The van der Waals surface area contributed by atoms with Gasteiger partial charge in [-0.25, -0.2) is 9.37 Å². The second kappa shape index (κ2) is 4.07. The standard InChI is InChI=1S/C11H13ClFN3O/c12-10-14-6-8(13)9(15-10)16-4-5-17-11(7-16)2-1-3-11/h6H,1-5,7H2. The summed E-state index contributed by atoms with van der Waals surface area (Å²) in [7, 11) is 0. The number of morpholine rings is 1. The maximum Gasteiger partial charge on any atom is 0.224 e. The average Bonchev–Trinajstić information content (AvgIpc) is 2.30. The van der Waals surface area contributed by atoms with Crippen LogP contribution in [0.25, 0.3) is 0 Å². The van der Waals surface area contributed by atoms with Crippen LogP contribution < -0.4 is 4.90 Å². The molecule has 17 heavy (non-hydrogen) atoms. The van der Waals surface area contributed by atoms with Crippen LogP contribution >= 0.6 is 11.6 Å². The molecular weight excluding hydrogens is 245 g/mol. The molecule has 2 heterocycles. The van der Waals surface area contributed by atoms with Gasteiger partial charge in [0.25, 0.3) is 0 Å². The lowest BCUT2D eigenvalue weighted by Crippen LogP contribution is -2.56. The van der Waals surface area contributed by atoms with E-state index in [-0.39, 0.29) is 10.9 Å². The Balaban J connectivity index is 1.85. The van der Waals surface area contributed by atoms with Crippen LogP contribution in [-0.2, 0) is 4.74 Å².